The summed E-state index contributed by atoms with van der Waals surface area (Å²) in [5.74, 6) is 1.50. The van der Waals surface area contributed by atoms with Gasteiger partial charge in [-0.05, 0) is 30.6 Å². The van der Waals surface area contributed by atoms with Gasteiger partial charge in [0.1, 0.15) is 0 Å². The molecule has 4 heterocycles. The molecule has 1 amide bonds. The van der Waals surface area contributed by atoms with Gasteiger partial charge in [0, 0.05) is 51.4 Å². The number of hydrogen-bond donors (Lipinski definition) is 0. The second-order valence-corrected chi connectivity index (χ2v) is 7.68. The van der Waals surface area contributed by atoms with Crippen molar-refractivity contribution in [3.8, 4) is 0 Å². The predicted octanol–water partition coefficient (Wildman–Crippen LogP) is 1.06. The van der Waals surface area contributed by atoms with Crippen molar-refractivity contribution in [2.75, 3.05) is 39.5 Å². The summed E-state index contributed by atoms with van der Waals surface area (Å²) in [5.41, 5.74) is 1.25. The Morgan fingerprint density at radius 2 is 2.24 bits per heavy atom. The Hall–Kier alpha value is -1.44. The molecule has 25 heavy (non-hydrogen) atoms. The van der Waals surface area contributed by atoms with Crippen LogP contribution < -0.4 is 0 Å². The molecule has 4 rings (SSSR count). The number of aromatic nitrogens is 2. The van der Waals surface area contributed by atoms with Crippen molar-refractivity contribution in [1.82, 2.24) is 19.7 Å². The molecule has 138 valence electrons. The number of hydroxylamine groups is 2. The molecule has 0 aromatic carbocycles. The quantitative estimate of drug-likeness (QED) is 0.814. The van der Waals surface area contributed by atoms with Crippen LogP contribution in [-0.4, -0.2) is 65.1 Å². The van der Waals surface area contributed by atoms with Crippen molar-refractivity contribution < 1.29 is 14.4 Å². The second-order valence-electron chi connectivity index (χ2n) is 7.68. The van der Waals surface area contributed by atoms with Crippen LogP contribution in [0.25, 0.3) is 0 Å². The molecule has 0 N–H and O–H groups in total. The molecule has 3 fully saturated rings. The molecule has 1 aromatic heterocycles. The number of ether oxygens (including phenoxy) is 1. The molecule has 0 bridgehead atoms. The third-order valence-corrected chi connectivity index (χ3v) is 5.72. The predicted molar refractivity (Wildman–Crippen MR) is 91.3 cm³/mol. The van der Waals surface area contributed by atoms with E-state index in [1.165, 1.54) is 5.56 Å². The lowest BCUT2D eigenvalue weighted by molar-refractivity contribution is -0.199. The maximum atomic E-state index is 12.6. The number of carbonyl (C=O) groups excluding carboxylic acids is 1. The highest BCUT2D eigenvalue weighted by Crippen LogP contribution is 2.36. The first-order valence-electron chi connectivity index (χ1n) is 9.40. The highest BCUT2D eigenvalue weighted by atomic mass is 16.7. The van der Waals surface area contributed by atoms with Crippen LogP contribution in [0.3, 0.4) is 0 Å². The summed E-state index contributed by atoms with van der Waals surface area (Å²) in [5, 5.41) is 5.84. The molecular weight excluding hydrogens is 320 g/mol. The van der Waals surface area contributed by atoms with E-state index in [4.69, 9.17) is 9.57 Å². The second kappa shape index (κ2) is 7.43. The van der Waals surface area contributed by atoms with Gasteiger partial charge < -0.3 is 4.74 Å². The van der Waals surface area contributed by atoms with E-state index < -0.39 is 0 Å². The minimum atomic E-state index is 0.125. The number of carbonyl (C=O) groups is 1. The van der Waals surface area contributed by atoms with Crippen molar-refractivity contribution in [3.05, 3.63) is 18.0 Å². The number of amides is 1. The van der Waals surface area contributed by atoms with Crippen molar-refractivity contribution in [2.45, 2.75) is 25.8 Å². The summed E-state index contributed by atoms with van der Waals surface area (Å²) in [4.78, 5) is 20.6. The Kier molecular flexibility index (Phi) is 5.05. The molecule has 0 saturated carbocycles. The molecule has 7 heteroatoms. The molecule has 1 aromatic rings. The molecular formula is C18H28N4O3. The summed E-state index contributed by atoms with van der Waals surface area (Å²) >= 11 is 0. The highest BCUT2D eigenvalue weighted by Gasteiger charge is 2.42. The fourth-order valence-electron chi connectivity index (χ4n) is 4.46. The zero-order chi connectivity index (χ0) is 17.2. The average molecular weight is 348 g/mol. The van der Waals surface area contributed by atoms with Crippen LogP contribution in [-0.2, 0) is 28.0 Å². The van der Waals surface area contributed by atoms with Gasteiger partial charge in [-0.2, -0.15) is 5.10 Å². The number of nitrogens with zero attached hydrogens (tertiary/aromatic N) is 4. The summed E-state index contributed by atoms with van der Waals surface area (Å²) in [6.07, 6.45) is 6.64. The van der Waals surface area contributed by atoms with Gasteiger partial charge in [0.15, 0.2) is 0 Å². The van der Waals surface area contributed by atoms with E-state index in [1.807, 2.05) is 17.9 Å². The standard InChI is InChI=1S/C18H28N4O3/c1-20-8-14(7-19-20)9-21-10-16-13-24-12-15(17(16)11-21)6-18(23)22-4-2-3-5-25-22/h7-8,15-17H,2-6,9-13H2,1H3/t15-,16-,17+/m1/s1. The Balaban J connectivity index is 1.35. The van der Waals surface area contributed by atoms with Gasteiger partial charge in [-0.15, -0.1) is 0 Å². The van der Waals surface area contributed by atoms with Gasteiger partial charge >= 0.3 is 0 Å². The maximum Gasteiger partial charge on any atom is 0.246 e. The average Bonchev–Trinajstić information content (AvgIpc) is 3.22. The monoisotopic (exact) mass is 348 g/mol. The molecule has 3 aliphatic heterocycles. The van der Waals surface area contributed by atoms with Crippen LogP contribution in [0.1, 0.15) is 24.8 Å². The van der Waals surface area contributed by atoms with Crippen LogP contribution in [0.4, 0.5) is 0 Å². The molecule has 0 radical (unpaired) electrons. The lowest BCUT2D eigenvalue weighted by Crippen LogP contribution is -2.41. The third kappa shape index (κ3) is 3.88. The largest absolute Gasteiger partial charge is 0.381 e. The Labute approximate surface area is 148 Å². The van der Waals surface area contributed by atoms with E-state index in [0.717, 1.165) is 45.6 Å². The molecule has 0 aliphatic carbocycles. The van der Waals surface area contributed by atoms with Gasteiger partial charge in [-0.3, -0.25) is 19.2 Å². The summed E-state index contributed by atoms with van der Waals surface area (Å²) in [6.45, 7) is 5.93. The summed E-state index contributed by atoms with van der Waals surface area (Å²) in [6, 6.07) is 0. The molecule has 0 spiro atoms. The summed E-state index contributed by atoms with van der Waals surface area (Å²) < 4.78 is 7.68. The van der Waals surface area contributed by atoms with Gasteiger partial charge in [0.05, 0.1) is 26.0 Å². The van der Waals surface area contributed by atoms with Crippen LogP contribution in [0.5, 0.6) is 0 Å². The van der Waals surface area contributed by atoms with E-state index in [-0.39, 0.29) is 5.91 Å². The van der Waals surface area contributed by atoms with Crippen molar-refractivity contribution in [1.29, 1.82) is 0 Å². The van der Waals surface area contributed by atoms with Gasteiger partial charge in [0.25, 0.3) is 0 Å². The molecule has 3 saturated heterocycles. The van der Waals surface area contributed by atoms with E-state index >= 15 is 0 Å². The number of rotatable bonds is 4. The molecule has 3 aliphatic rings. The van der Waals surface area contributed by atoms with Crippen molar-refractivity contribution >= 4 is 5.91 Å². The SMILES string of the molecule is Cn1cc(CN2C[C@@H]3COC[C@@H](CC(=O)N4CCCCO4)[C@@H]3C2)cn1. The van der Waals surface area contributed by atoms with E-state index in [0.29, 0.717) is 37.4 Å². The van der Waals surface area contributed by atoms with Crippen LogP contribution in [0, 0.1) is 17.8 Å². The van der Waals surface area contributed by atoms with E-state index in [1.54, 1.807) is 5.06 Å². The minimum Gasteiger partial charge on any atom is -0.381 e. The number of hydrogen-bond acceptors (Lipinski definition) is 5. The smallest absolute Gasteiger partial charge is 0.246 e. The molecule has 7 nitrogen and oxygen atoms in total. The third-order valence-electron chi connectivity index (χ3n) is 5.72. The lowest BCUT2D eigenvalue weighted by atomic mass is 9.81. The van der Waals surface area contributed by atoms with Crippen molar-refractivity contribution in [3.63, 3.8) is 0 Å². The molecule has 3 atom stereocenters. The van der Waals surface area contributed by atoms with E-state index in [2.05, 4.69) is 16.2 Å². The normalized spacial score (nSPS) is 30.4. The van der Waals surface area contributed by atoms with E-state index in [9.17, 15) is 4.79 Å². The number of likely N-dealkylation sites (tertiary alicyclic amines) is 1. The van der Waals surface area contributed by atoms with Crippen LogP contribution >= 0.6 is 0 Å². The number of fused-ring (bicyclic) bond motifs is 1. The summed E-state index contributed by atoms with van der Waals surface area (Å²) in [7, 11) is 1.95. The zero-order valence-corrected chi connectivity index (χ0v) is 15.0. The van der Waals surface area contributed by atoms with Crippen LogP contribution in [0.15, 0.2) is 12.4 Å². The lowest BCUT2D eigenvalue weighted by Gasteiger charge is -2.34. The van der Waals surface area contributed by atoms with Gasteiger partial charge in [-0.25, -0.2) is 5.06 Å². The Morgan fingerprint density at radius 3 is 3.00 bits per heavy atom. The van der Waals surface area contributed by atoms with Crippen molar-refractivity contribution in [2.24, 2.45) is 24.8 Å². The van der Waals surface area contributed by atoms with Crippen LogP contribution in [0.2, 0.25) is 0 Å². The first-order chi connectivity index (χ1) is 12.2. The molecule has 0 unspecified atom stereocenters. The Morgan fingerprint density at radius 1 is 1.32 bits per heavy atom. The maximum absolute atomic E-state index is 12.6. The minimum absolute atomic E-state index is 0.125. The number of aryl methyl sites for hydroxylation is 1. The fourth-order valence-corrected chi connectivity index (χ4v) is 4.46. The fraction of sp³-hybridized carbons (Fsp3) is 0.778. The van der Waals surface area contributed by atoms with Gasteiger partial charge in [-0.1, -0.05) is 0 Å². The van der Waals surface area contributed by atoms with Gasteiger partial charge in [0.2, 0.25) is 5.91 Å². The topological polar surface area (TPSA) is 59.8 Å². The first-order valence-corrected chi connectivity index (χ1v) is 9.40. The Bertz CT molecular complexity index is 599. The zero-order valence-electron chi connectivity index (χ0n) is 15.0. The first kappa shape index (κ1) is 17.0. The highest BCUT2D eigenvalue weighted by molar-refractivity contribution is 5.75.